The van der Waals surface area contributed by atoms with Crippen molar-refractivity contribution in [2.45, 2.75) is 6.42 Å². The molecule has 0 bridgehead atoms. The maximum Gasteiger partial charge on any atom is 0.147 e. The fraction of sp³-hybridized carbons (Fsp3) is 0.222. The Labute approximate surface area is 92.6 Å². The Hall–Kier alpha value is -0.220. The average molecular weight is 310 g/mol. The topological polar surface area (TPSA) is 17.1 Å². The Balaban J connectivity index is 2.87. The van der Waals surface area contributed by atoms with Gasteiger partial charge in [0.1, 0.15) is 11.6 Å². The van der Waals surface area contributed by atoms with E-state index < -0.39 is 0 Å². The van der Waals surface area contributed by atoms with Gasteiger partial charge in [0, 0.05) is 10.9 Å². The molecule has 1 nitrogen and oxygen atoms in total. The molecule has 0 aliphatic carbocycles. The molecule has 1 aromatic rings. The second kappa shape index (κ2) is 4.86. The Bertz CT molecular complexity index is 325. The summed E-state index contributed by atoms with van der Waals surface area (Å²) in [4.78, 5) is 11.1. The highest BCUT2D eigenvalue weighted by molar-refractivity contribution is 9.10. The third-order valence-electron chi connectivity index (χ3n) is 1.54. The summed E-state index contributed by atoms with van der Waals surface area (Å²) in [5, 5.41) is 0.302. The first-order valence-electron chi connectivity index (χ1n) is 3.65. The Morgan fingerprint density at radius 2 is 2.15 bits per heavy atom. The van der Waals surface area contributed by atoms with E-state index in [1.54, 1.807) is 6.07 Å². The molecule has 0 aromatic heterocycles. The lowest BCUT2D eigenvalue weighted by Crippen LogP contribution is -2.04. The number of hydrogen-bond donors (Lipinski definition) is 0. The average Bonchev–Trinajstić information content (AvgIpc) is 2.11. The second-order valence-electron chi connectivity index (χ2n) is 2.58. The van der Waals surface area contributed by atoms with Gasteiger partial charge in [-0.2, -0.15) is 0 Å². The number of alkyl halides is 1. The normalized spacial score (nSPS) is 10.1. The molecular weight excluding hydrogens is 303 g/mol. The summed E-state index contributed by atoms with van der Waals surface area (Å²) in [5.74, 6) is -0.285. The molecule has 0 spiro atoms. The van der Waals surface area contributed by atoms with Crippen molar-refractivity contribution in [2.75, 3.05) is 5.33 Å². The molecule has 4 heteroatoms. The number of ketones is 1. The lowest BCUT2D eigenvalue weighted by Gasteiger charge is -2.01. The van der Waals surface area contributed by atoms with Crippen molar-refractivity contribution >= 4 is 37.6 Å². The van der Waals surface area contributed by atoms with Gasteiger partial charge in [-0.3, -0.25) is 4.79 Å². The number of carbonyl (C=O) groups excluding carboxylic acids is 1. The van der Waals surface area contributed by atoms with E-state index in [2.05, 4.69) is 31.9 Å². The van der Waals surface area contributed by atoms with Crippen molar-refractivity contribution in [1.82, 2.24) is 0 Å². The van der Waals surface area contributed by atoms with Crippen LogP contribution >= 0.6 is 31.9 Å². The van der Waals surface area contributed by atoms with Crippen molar-refractivity contribution < 1.29 is 9.18 Å². The van der Waals surface area contributed by atoms with E-state index in [1.807, 2.05) is 0 Å². The Morgan fingerprint density at radius 3 is 2.77 bits per heavy atom. The molecule has 0 N–H and O–H groups in total. The molecule has 70 valence electrons. The summed E-state index contributed by atoms with van der Waals surface area (Å²) >= 11 is 6.31. The largest absolute Gasteiger partial charge is 0.298 e. The van der Waals surface area contributed by atoms with Crippen LogP contribution in [-0.2, 0) is 11.2 Å². The zero-order valence-corrected chi connectivity index (χ0v) is 9.86. The second-order valence-corrected chi connectivity index (χ2v) is 4.00. The van der Waals surface area contributed by atoms with Crippen LogP contribution in [0.25, 0.3) is 0 Å². The van der Waals surface area contributed by atoms with Gasteiger partial charge >= 0.3 is 0 Å². The van der Waals surface area contributed by atoms with Crippen molar-refractivity contribution in [3.05, 3.63) is 34.1 Å². The van der Waals surface area contributed by atoms with E-state index in [4.69, 9.17) is 0 Å². The minimum absolute atomic E-state index is 0.0336. The molecule has 0 aliphatic rings. The first kappa shape index (κ1) is 10.9. The number of benzene rings is 1. The Morgan fingerprint density at radius 1 is 1.46 bits per heavy atom. The fourth-order valence-corrected chi connectivity index (χ4v) is 1.52. The molecule has 13 heavy (non-hydrogen) atoms. The third-order valence-corrected chi connectivity index (χ3v) is 2.94. The summed E-state index contributed by atoms with van der Waals surface area (Å²) in [7, 11) is 0. The van der Waals surface area contributed by atoms with Gasteiger partial charge in [-0.1, -0.05) is 31.9 Å². The molecule has 0 heterocycles. The third kappa shape index (κ3) is 3.19. The highest BCUT2D eigenvalue weighted by atomic mass is 79.9. The number of Topliss-reactive ketones (excluding diaryl/α,β-unsaturated/α-hetero) is 1. The molecule has 0 amide bonds. The molecule has 1 rings (SSSR count). The fourth-order valence-electron chi connectivity index (χ4n) is 0.938. The van der Waals surface area contributed by atoms with Gasteiger partial charge in [0.15, 0.2) is 0 Å². The van der Waals surface area contributed by atoms with E-state index in [0.29, 0.717) is 10.9 Å². The maximum atomic E-state index is 12.8. The van der Waals surface area contributed by atoms with Crippen molar-refractivity contribution in [2.24, 2.45) is 0 Å². The molecule has 0 radical (unpaired) electrons. The summed E-state index contributed by atoms with van der Waals surface area (Å²) in [6.07, 6.45) is 0.254. The van der Waals surface area contributed by atoms with Crippen LogP contribution in [0.4, 0.5) is 4.39 Å². The zero-order chi connectivity index (χ0) is 9.84. The van der Waals surface area contributed by atoms with Gasteiger partial charge in [-0.25, -0.2) is 4.39 Å². The first-order chi connectivity index (χ1) is 6.13. The predicted octanol–water partition coefficient (Wildman–Crippen LogP) is 3.09. The van der Waals surface area contributed by atoms with Crippen LogP contribution in [0.1, 0.15) is 5.56 Å². The predicted molar refractivity (Wildman–Crippen MR) is 56.6 cm³/mol. The summed E-state index contributed by atoms with van der Waals surface area (Å²) < 4.78 is 13.5. The molecule has 0 fully saturated rings. The number of carbonyl (C=O) groups is 1. The molecule has 0 atom stereocenters. The van der Waals surface area contributed by atoms with Crippen LogP contribution in [0.5, 0.6) is 0 Å². The summed E-state index contributed by atoms with van der Waals surface area (Å²) in [6.45, 7) is 0. The summed E-state index contributed by atoms with van der Waals surface area (Å²) in [5.41, 5.74) is 0.685. The molecular formula is C9H7Br2FO. The SMILES string of the molecule is O=C(CBr)Cc1cc(F)ccc1Br. The van der Waals surface area contributed by atoms with E-state index >= 15 is 0 Å². The number of hydrogen-bond acceptors (Lipinski definition) is 1. The van der Waals surface area contributed by atoms with Crippen LogP contribution in [0.15, 0.2) is 22.7 Å². The lowest BCUT2D eigenvalue weighted by molar-refractivity contribution is -0.115. The highest BCUT2D eigenvalue weighted by Crippen LogP contribution is 2.18. The first-order valence-corrected chi connectivity index (χ1v) is 5.56. The molecule has 1 aromatic carbocycles. The van der Waals surface area contributed by atoms with E-state index in [1.165, 1.54) is 12.1 Å². The number of rotatable bonds is 3. The highest BCUT2D eigenvalue weighted by Gasteiger charge is 2.06. The van der Waals surface area contributed by atoms with E-state index in [-0.39, 0.29) is 18.0 Å². The van der Waals surface area contributed by atoms with Gasteiger partial charge in [-0.05, 0) is 23.8 Å². The number of halogens is 3. The van der Waals surface area contributed by atoms with Crippen LogP contribution in [-0.4, -0.2) is 11.1 Å². The van der Waals surface area contributed by atoms with E-state index in [0.717, 1.165) is 4.47 Å². The zero-order valence-electron chi connectivity index (χ0n) is 6.69. The van der Waals surface area contributed by atoms with Crippen LogP contribution < -0.4 is 0 Å². The standard InChI is InChI=1S/C9H7Br2FO/c10-5-8(13)4-6-3-7(12)1-2-9(6)11/h1-3H,4-5H2. The van der Waals surface area contributed by atoms with Gasteiger partial charge in [0.2, 0.25) is 0 Å². The minimum atomic E-state index is -0.319. The Kier molecular flexibility index (Phi) is 4.06. The van der Waals surface area contributed by atoms with Gasteiger partial charge in [0.25, 0.3) is 0 Å². The minimum Gasteiger partial charge on any atom is -0.298 e. The molecule has 0 aliphatic heterocycles. The van der Waals surface area contributed by atoms with Crippen LogP contribution in [0.3, 0.4) is 0 Å². The van der Waals surface area contributed by atoms with Gasteiger partial charge in [-0.15, -0.1) is 0 Å². The van der Waals surface area contributed by atoms with Gasteiger partial charge in [0.05, 0.1) is 5.33 Å². The quantitative estimate of drug-likeness (QED) is 0.784. The van der Waals surface area contributed by atoms with Crippen molar-refractivity contribution in [1.29, 1.82) is 0 Å². The van der Waals surface area contributed by atoms with E-state index in [9.17, 15) is 9.18 Å². The summed E-state index contributed by atoms with van der Waals surface area (Å²) in [6, 6.07) is 4.32. The van der Waals surface area contributed by atoms with Gasteiger partial charge < -0.3 is 0 Å². The van der Waals surface area contributed by atoms with Crippen molar-refractivity contribution in [3.63, 3.8) is 0 Å². The monoisotopic (exact) mass is 308 g/mol. The molecule has 0 unspecified atom stereocenters. The molecule has 0 saturated carbocycles. The lowest BCUT2D eigenvalue weighted by atomic mass is 10.1. The van der Waals surface area contributed by atoms with Crippen LogP contribution in [0, 0.1) is 5.82 Å². The van der Waals surface area contributed by atoms with Crippen LogP contribution in [0.2, 0.25) is 0 Å². The maximum absolute atomic E-state index is 12.8. The van der Waals surface area contributed by atoms with Crippen molar-refractivity contribution in [3.8, 4) is 0 Å². The smallest absolute Gasteiger partial charge is 0.147 e. The molecule has 0 saturated heterocycles.